The summed E-state index contributed by atoms with van der Waals surface area (Å²) in [5.41, 5.74) is 3.02. The lowest BCUT2D eigenvalue weighted by Crippen LogP contribution is -2.15. The van der Waals surface area contributed by atoms with Gasteiger partial charge in [-0.15, -0.1) is 21.5 Å². The SMILES string of the molecule is CCn1c(COc2ccc(C(C)C)cc2)nnc1SCC(=O)Nc1sc2c(c1C#N)CCC(C)C2. The van der Waals surface area contributed by atoms with E-state index in [1.807, 2.05) is 23.6 Å². The number of hydrogen-bond donors (Lipinski definition) is 1. The van der Waals surface area contributed by atoms with Gasteiger partial charge < -0.3 is 14.6 Å². The van der Waals surface area contributed by atoms with Crippen molar-refractivity contribution >= 4 is 34.0 Å². The lowest BCUT2D eigenvalue weighted by molar-refractivity contribution is -0.113. The van der Waals surface area contributed by atoms with Gasteiger partial charge in [0, 0.05) is 11.4 Å². The van der Waals surface area contributed by atoms with Crippen molar-refractivity contribution < 1.29 is 9.53 Å². The van der Waals surface area contributed by atoms with E-state index in [0.29, 0.717) is 40.7 Å². The van der Waals surface area contributed by atoms with Gasteiger partial charge in [-0.1, -0.05) is 44.7 Å². The summed E-state index contributed by atoms with van der Waals surface area (Å²) in [6.07, 6.45) is 2.97. The maximum Gasteiger partial charge on any atom is 0.235 e. The molecular formula is C26H31N5O2S2. The first-order chi connectivity index (χ1) is 16.9. The van der Waals surface area contributed by atoms with Crippen molar-refractivity contribution in [3.63, 3.8) is 0 Å². The Kier molecular flexibility index (Phi) is 8.14. The predicted octanol–water partition coefficient (Wildman–Crippen LogP) is 5.79. The number of carbonyl (C=O) groups excluding carboxylic acids is 1. The van der Waals surface area contributed by atoms with E-state index in [-0.39, 0.29) is 11.7 Å². The molecule has 0 bridgehead atoms. The lowest BCUT2D eigenvalue weighted by Gasteiger charge is -2.17. The molecule has 184 valence electrons. The highest BCUT2D eigenvalue weighted by atomic mass is 32.2. The Morgan fingerprint density at radius 1 is 1.34 bits per heavy atom. The minimum atomic E-state index is -0.146. The van der Waals surface area contributed by atoms with Crippen molar-refractivity contribution in [2.45, 2.75) is 71.2 Å². The molecule has 0 fully saturated rings. The number of anilines is 1. The molecule has 0 saturated heterocycles. The summed E-state index contributed by atoms with van der Waals surface area (Å²) in [5, 5.41) is 22.5. The van der Waals surface area contributed by atoms with E-state index >= 15 is 0 Å². The minimum absolute atomic E-state index is 0.146. The highest BCUT2D eigenvalue weighted by molar-refractivity contribution is 7.99. The molecule has 1 aromatic carbocycles. The van der Waals surface area contributed by atoms with Crippen molar-refractivity contribution in [1.29, 1.82) is 5.26 Å². The quantitative estimate of drug-likeness (QED) is 0.367. The lowest BCUT2D eigenvalue weighted by atomic mass is 9.89. The second-order valence-corrected chi connectivity index (χ2v) is 11.2. The van der Waals surface area contributed by atoms with Crippen molar-refractivity contribution in [2.75, 3.05) is 11.1 Å². The van der Waals surface area contributed by atoms with Crippen LogP contribution in [0.4, 0.5) is 5.00 Å². The Bertz CT molecular complexity index is 1220. The standard InChI is InChI=1S/C26H31N5O2S2/c1-5-31-23(14-33-19-9-7-18(8-10-19)16(2)3)29-30-26(31)34-15-24(32)28-25-21(13-27)20-11-6-17(4)12-22(20)35-25/h7-10,16-17H,5-6,11-12,14-15H2,1-4H3,(H,28,32). The van der Waals surface area contributed by atoms with E-state index < -0.39 is 0 Å². The van der Waals surface area contributed by atoms with Gasteiger partial charge in [-0.05, 0) is 61.3 Å². The summed E-state index contributed by atoms with van der Waals surface area (Å²) < 4.78 is 7.88. The summed E-state index contributed by atoms with van der Waals surface area (Å²) in [6.45, 7) is 9.56. The van der Waals surface area contributed by atoms with Gasteiger partial charge in [-0.3, -0.25) is 4.79 Å². The van der Waals surface area contributed by atoms with E-state index in [4.69, 9.17) is 4.74 Å². The number of carbonyl (C=O) groups is 1. The summed E-state index contributed by atoms with van der Waals surface area (Å²) in [7, 11) is 0. The van der Waals surface area contributed by atoms with Crippen LogP contribution in [0.15, 0.2) is 29.4 Å². The zero-order valence-electron chi connectivity index (χ0n) is 20.6. The van der Waals surface area contributed by atoms with Crippen LogP contribution in [0.3, 0.4) is 0 Å². The van der Waals surface area contributed by atoms with Gasteiger partial charge in [-0.25, -0.2) is 0 Å². The number of rotatable bonds is 9. The molecule has 35 heavy (non-hydrogen) atoms. The number of thiophene rings is 1. The number of amides is 1. The molecule has 1 aliphatic rings. The normalized spacial score (nSPS) is 15.0. The van der Waals surface area contributed by atoms with Crippen LogP contribution in [0.2, 0.25) is 0 Å². The van der Waals surface area contributed by atoms with Gasteiger partial charge >= 0.3 is 0 Å². The summed E-state index contributed by atoms with van der Waals surface area (Å²) in [4.78, 5) is 13.9. The Hall–Kier alpha value is -2.83. The predicted molar refractivity (Wildman–Crippen MR) is 140 cm³/mol. The van der Waals surface area contributed by atoms with Gasteiger partial charge in [0.1, 0.15) is 23.4 Å². The largest absolute Gasteiger partial charge is 0.486 e. The number of fused-ring (bicyclic) bond motifs is 1. The smallest absolute Gasteiger partial charge is 0.235 e. The van der Waals surface area contributed by atoms with Crippen LogP contribution in [0.1, 0.15) is 67.4 Å². The zero-order chi connectivity index (χ0) is 24.9. The monoisotopic (exact) mass is 509 g/mol. The summed E-state index contributed by atoms with van der Waals surface area (Å²) in [5.74, 6) is 2.64. The number of aromatic nitrogens is 3. The molecule has 9 heteroatoms. The van der Waals surface area contributed by atoms with Gasteiger partial charge in [-0.2, -0.15) is 5.26 Å². The Morgan fingerprint density at radius 2 is 2.11 bits per heavy atom. The zero-order valence-corrected chi connectivity index (χ0v) is 22.3. The fraction of sp³-hybridized carbons (Fsp3) is 0.462. The topological polar surface area (TPSA) is 92.8 Å². The number of ether oxygens (including phenoxy) is 1. The third kappa shape index (κ3) is 5.88. The molecule has 1 unspecified atom stereocenters. The second kappa shape index (κ2) is 11.3. The second-order valence-electron chi connectivity index (χ2n) is 9.16. The van der Waals surface area contributed by atoms with E-state index in [9.17, 15) is 10.1 Å². The van der Waals surface area contributed by atoms with Crippen LogP contribution in [0.5, 0.6) is 5.75 Å². The van der Waals surface area contributed by atoms with Gasteiger partial charge in [0.05, 0.1) is 11.3 Å². The van der Waals surface area contributed by atoms with Crippen LogP contribution in [-0.2, 0) is 30.8 Å². The first-order valence-electron chi connectivity index (χ1n) is 12.0. The molecule has 1 amide bonds. The van der Waals surface area contributed by atoms with Crippen LogP contribution in [0, 0.1) is 17.2 Å². The van der Waals surface area contributed by atoms with Gasteiger partial charge in [0.2, 0.25) is 5.91 Å². The van der Waals surface area contributed by atoms with Gasteiger partial charge in [0.15, 0.2) is 11.0 Å². The van der Waals surface area contributed by atoms with Crippen molar-refractivity contribution in [3.8, 4) is 11.8 Å². The van der Waals surface area contributed by atoms with E-state index in [1.54, 1.807) is 11.3 Å². The Labute approximate surface area is 214 Å². The molecule has 7 nitrogen and oxygen atoms in total. The molecule has 2 aromatic heterocycles. The Balaban J connectivity index is 1.35. The maximum atomic E-state index is 12.7. The highest BCUT2D eigenvalue weighted by Crippen LogP contribution is 2.39. The van der Waals surface area contributed by atoms with Crippen molar-refractivity contribution in [3.05, 3.63) is 51.7 Å². The number of nitrogens with one attached hydrogen (secondary N) is 1. The number of nitrogens with zero attached hydrogens (tertiary/aromatic N) is 4. The minimum Gasteiger partial charge on any atom is -0.486 e. The molecule has 2 heterocycles. The third-order valence-corrected chi connectivity index (χ3v) is 8.37. The third-order valence-electron chi connectivity index (χ3n) is 6.23. The molecule has 0 radical (unpaired) electrons. The molecule has 4 rings (SSSR count). The van der Waals surface area contributed by atoms with E-state index in [2.05, 4.69) is 54.5 Å². The molecule has 0 spiro atoms. The van der Waals surface area contributed by atoms with Crippen LogP contribution < -0.4 is 10.1 Å². The molecule has 1 N–H and O–H groups in total. The van der Waals surface area contributed by atoms with Crippen LogP contribution in [0.25, 0.3) is 0 Å². The first-order valence-corrected chi connectivity index (χ1v) is 13.8. The van der Waals surface area contributed by atoms with E-state index in [0.717, 1.165) is 36.4 Å². The Morgan fingerprint density at radius 3 is 2.80 bits per heavy atom. The summed E-state index contributed by atoms with van der Waals surface area (Å²) in [6, 6.07) is 10.4. The number of nitriles is 1. The highest BCUT2D eigenvalue weighted by Gasteiger charge is 2.25. The van der Waals surface area contributed by atoms with Crippen molar-refractivity contribution in [1.82, 2.24) is 14.8 Å². The average molecular weight is 510 g/mol. The number of benzene rings is 1. The van der Waals surface area contributed by atoms with Crippen LogP contribution in [-0.4, -0.2) is 26.4 Å². The molecule has 3 aromatic rings. The number of hydrogen-bond acceptors (Lipinski definition) is 7. The average Bonchev–Trinajstić information content (AvgIpc) is 3.40. The molecular weight excluding hydrogens is 478 g/mol. The number of thioether (sulfide) groups is 1. The van der Waals surface area contributed by atoms with Gasteiger partial charge in [0.25, 0.3) is 0 Å². The van der Waals surface area contributed by atoms with Crippen molar-refractivity contribution in [2.24, 2.45) is 5.92 Å². The van der Waals surface area contributed by atoms with Crippen LogP contribution >= 0.6 is 23.1 Å². The molecule has 1 aliphatic carbocycles. The molecule has 0 saturated carbocycles. The maximum absolute atomic E-state index is 12.7. The molecule has 1 atom stereocenters. The molecule has 0 aliphatic heterocycles. The summed E-state index contributed by atoms with van der Waals surface area (Å²) >= 11 is 2.88. The fourth-order valence-corrected chi connectivity index (χ4v) is 6.40. The fourth-order valence-electron chi connectivity index (χ4n) is 4.20. The van der Waals surface area contributed by atoms with E-state index in [1.165, 1.54) is 22.2 Å². The first kappa shape index (κ1) is 25.3.